The SMILES string of the molecule is Fc1ccc(CN2CCO[C@@H]3[C@H](COc4ncccn4)CC[C@H]32)cc1. The van der Waals surface area contributed by atoms with Gasteiger partial charge in [0.25, 0.3) is 0 Å². The lowest BCUT2D eigenvalue weighted by atomic mass is 10.0. The lowest BCUT2D eigenvalue weighted by Gasteiger charge is -2.39. The monoisotopic (exact) mass is 343 g/mol. The molecule has 1 aromatic heterocycles. The highest BCUT2D eigenvalue weighted by molar-refractivity contribution is 5.16. The van der Waals surface area contributed by atoms with E-state index in [1.54, 1.807) is 18.5 Å². The highest BCUT2D eigenvalue weighted by Crippen LogP contribution is 2.35. The molecular formula is C19H22FN3O2. The molecule has 3 atom stereocenters. The van der Waals surface area contributed by atoms with Crippen LogP contribution in [0, 0.1) is 11.7 Å². The average Bonchev–Trinajstić information content (AvgIpc) is 3.07. The lowest BCUT2D eigenvalue weighted by Crippen LogP contribution is -2.50. The van der Waals surface area contributed by atoms with Crippen molar-refractivity contribution in [2.24, 2.45) is 5.92 Å². The molecule has 1 saturated heterocycles. The molecule has 1 aliphatic heterocycles. The Hall–Kier alpha value is -2.05. The largest absolute Gasteiger partial charge is 0.463 e. The Balaban J connectivity index is 1.37. The maximum absolute atomic E-state index is 13.1. The molecule has 0 radical (unpaired) electrons. The van der Waals surface area contributed by atoms with E-state index >= 15 is 0 Å². The van der Waals surface area contributed by atoms with Crippen molar-refractivity contribution in [3.05, 3.63) is 54.1 Å². The Bertz CT molecular complexity index is 683. The van der Waals surface area contributed by atoms with Gasteiger partial charge in [-0.25, -0.2) is 14.4 Å². The molecule has 25 heavy (non-hydrogen) atoms. The molecule has 0 unspecified atom stereocenters. The van der Waals surface area contributed by atoms with Gasteiger partial charge in [-0.15, -0.1) is 0 Å². The van der Waals surface area contributed by atoms with Crippen molar-refractivity contribution in [2.45, 2.75) is 31.5 Å². The van der Waals surface area contributed by atoms with Crippen molar-refractivity contribution in [2.75, 3.05) is 19.8 Å². The zero-order valence-electron chi connectivity index (χ0n) is 14.1. The number of hydrogen-bond donors (Lipinski definition) is 0. The third-order valence-electron chi connectivity index (χ3n) is 5.10. The maximum Gasteiger partial charge on any atom is 0.316 e. The zero-order valence-corrected chi connectivity index (χ0v) is 14.1. The van der Waals surface area contributed by atoms with E-state index in [4.69, 9.17) is 9.47 Å². The number of rotatable bonds is 5. The predicted octanol–water partition coefficient (Wildman–Crippen LogP) is 2.67. The van der Waals surface area contributed by atoms with E-state index in [0.717, 1.165) is 38.1 Å². The van der Waals surface area contributed by atoms with Crippen LogP contribution >= 0.6 is 0 Å². The Morgan fingerprint density at radius 1 is 1.16 bits per heavy atom. The number of aromatic nitrogens is 2. The Labute approximate surface area is 146 Å². The van der Waals surface area contributed by atoms with Crippen LogP contribution in [-0.4, -0.2) is 46.8 Å². The van der Waals surface area contributed by atoms with Crippen LogP contribution in [0.3, 0.4) is 0 Å². The molecule has 0 spiro atoms. The molecular weight excluding hydrogens is 321 g/mol. The van der Waals surface area contributed by atoms with Crippen LogP contribution < -0.4 is 4.74 Å². The van der Waals surface area contributed by atoms with Crippen molar-refractivity contribution in [1.29, 1.82) is 0 Å². The number of hydrogen-bond acceptors (Lipinski definition) is 5. The number of ether oxygens (including phenoxy) is 2. The van der Waals surface area contributed by atoms with Crippen molar-refractivity contribution in [3.8, 4) is 6.01 Å². The van der Waals surface area contributed by atoms with Gasteiger partial charge in [-0.2, -0.15) is 0 Å². The van der Waals surface area contributed by atoms with Crippen molar-refractivity contribution < 1.29 is 13.9 Å². The van der Waals surface area contributed by atoms with E-state index in [9.17, 15) is 4.39 Å². The first kappa shape index (κ1) is 16.4. The molecule has 6 heteroatoms. The molecule has 0 bridgehead atoms. The van der Waals surface area contributed by atoms with Crippen LogP contribution in [0.5, 0.6) is 6.01 Å². The van der Waals surface area contributed by atoms with Crippen molar-refractivity contribution >= 4 is 0 Å². The number of halogens is 1. The topological polar surface area (TPSA) is 47.5 Å². The smallest absolute Gasteiger partial charge is 0.316 e. The third kappa shape index (κ3) is 3.80. The van der Waals surface area contributed by atoms with Crippen LogP contribution in [0.2, 0.25) is 0 Å². The van der Waals surface area contributed by atoms with E-state index in [1.165, 1.54) is 12.1 Å². The standard InChI is InChI=1S/C19H22FN3O2/c20-16-5-2-14(3-6-16)12-23-10-11-24-18-15(4-7-17(18)23)13-25-19-21-8-1-9-22-19/h1-3,5-6,8-9,15,17-18H,4,7,10-13H2/t15-,17+,18+/m0/s1. The van der Waals surface area contributed by atoms with Crippen LogP contribution in [0.15, 0.2) is 42.7 Å². The zero-order chi connectivity index (χ0) is 17.1. The summed E-state index contributed by atoms with van der Waals surface area (Å²) in [4.78, 5) is 10.7. The fourth-order valence-electron chi connectivity index (χ4n) is 3.88. The second kappa shape index (κ2) is 7.45. The minimum absolute atomic E-state index is 0.179. The van der Waals surface area contributed by atoms with E-state index < -0.39 is 0 Å². The second-order valence-corrected chi connectivity index (χ2v) is 6.68. The summed E-state index contributed by atoms with van der Waals surface area (Å²) in [5.41, 5.74) is 1.14. The first-order chi connectivity index (χ1) is 12.3. The molecule has 132 valence electrons. The van der Waals surface area contributed by atoms with Gasteiger partial charge in [-0.1, -0.05) is 12.1 Å². The fourth-order valence-corrected chi connectivity index (χ4v) is 3.88. The quantitative estimate of drug-likeness (QED) is 0.835. The van der Waals surface area contributed by atoms with Gasteiger partial charge >= 0.3 is 6.01 Å². The molecule has 2 fully saturated rings. The van der Waals surface area contributed by atoms with Gasteiger partial charge in [0.15, 0.2) is 0 Å². The Morgan fingerprint density at radius 3 is 2.76 bits per heavy atom. The summed E-state index contributed by atoms with van der Waals surface area (Å²) in [5.74, 6) is 0.162. The number of morpholine rings is 1. The lowest BCUT2D eigenvalue weighted by molar-refractivity contribution is -0.0819. The number of fused-ring (bicyclic) bond motifs is 1. The summed E-state index contributed by atoms with van der Waals surface area (Å²) < 4.78 is 24.9. The fraction of sp³-hybridized carbons (Fsp3) is 0.474. The van der Waals surface area contributed by atoms with Gasteiger partial charge in [0, 0.05) is 37.4 Å². The average molecular weight is 343 g/mol. The Morgan fingerprint density at radius 2 is 1.96 bits per heavy atom. The summed E-state index contributed by atoms with van der Waals surface area (Å²) in [6.07, 6.45) is 5.71. The summed E-state index contributed by atoms with van der Waals surface area (Å²) in [5, 5.41) is 0. The minimum atomic E-state index is -0.190. The van der Waals surface area contributed by atoms with Gasteiger partial charge in [0.2, 0.25) is 0 Å². The molecule has 4 rings (SSSR count). The van der Waals surface area contributed by atoms with E-state index in [2.05, 4.69) is 14.9 Å². The second-order valence-electron chi connectivity index (χ2n) is 6.68. The predicted molar refractivity (Wildman–Crippen MR) is 90.6 cm³/mol. The van der Waals surface area contributed by atoms with Crippen LogP contribution in [0.4, 0.5) is 4.39 Å². The molecule has 2 heterocycles. The summed E-state index contributed by atoms with van der Waals surface area (Å²) in [6, 6.07) is 9.37. The highest BCUT2D eigenvalue weighted by Gasteiger charge is 2.42. The van der Waals surface area contributed by atoms with Gasteiger partial charge < -0.3 is 9.47 Å². The van der Waals surface area contributed by atoms with E-state index in [0.29, 0.717) is 24.6 Å². The van der Waals surface area contributed by atoms with Gasteiger partial charge in [-0.3, -0.25) is 4.90 Å². The number of nitrogens with zero attached hydrogens (tertiary/aromatic N) is 3. The highest BCUT2D eigenvalue weighted by atomic mass is 19.1. The third-order valence-corrected chi connectivity index (χ3v) is 5.10. The van der Waals surface area contributed by atoms with E-state index in [-0.39, 0.29) is 11.9 Å². The van der Waals surface area contributed by atoms with Gasteiger partial charge in [-0.05, 0) is 36.6 Å². The normalized spacial score (nSPS) is 26.4. The molecule has 0 amide bonds. The number of benzene rings is 1. The summed E-state index contributed by atoms with van der Waals surface area (Å²) in [7, 11) is 0. The molecule has 0 N–H and O–H groups in total. The molecule has 1 aromatic carbocycles. The molecule has 1 saturated carbocycles. The Kier molecular flexibility index (Phi) is 4.90. The first-order valence-electron chi connectivity index (χ1n) is 8.79. The summed E-state index contributed by atoms with van der Waals surface area (Å²) in [6.45, 7) is 3.05. The van der Waals surface area contributed by atoms with Crippen molar-refractivity contribution in [3.63, 3.8) is 0 Å². The summed E-state index contributed by atoms with van der Waals surface area (Å²) >= 11 is 0. The van der Waals surface area contributed by atoms with E-state index in [1.807, 2.05) is 12.1 Å². The van der Waals surface area contributed by atoms with Crippen LogP contribution in [0.25, 0.3) is 0 Å². The molecule has 2 aromatic rings. The van der Waals surface area contributed by atoms with Gasteiger partial charge in [0.1, 0.15) is 5.82 Å². The maximum atomic E-state index is 13.1. The molecule has 1 aliphatic carbocycles. The van der Waals surface area contributed by atoms with Crippen LogP contribution in [0.1, 0.15) is 18.4 Å². The first-order valence-corrected chi connectivity index (χ1v) is 8.79. The van der Waals surface area contributed by atoms with Crippen molar-refractivity contribution in [1.82, 2.24) is 14.9 Å². The molecule has 2 aliphatic rings. The van der Waals surface area contributed by atoms with Crippen LogP contribution in [-0.2, 0) is 11.3 Å². The van der Waals surface area contributed by atoms with Gasteiger partial charge in [0.05, 0.1) is 19.3 Å². The minimum Gasteiger partial charge on any atom is -0.463 e. The molecule has 5 nitrogen and oxygen atoms in total.